The Hall–Kier alpha value is -2.63. The van der Waals surface area contributed by atoms with Crippen molar-refractivity contribution in [3.63, 3.8) is 0 Å². The molecular formula is C21H24N2O4. The molecule has 0 spiro atoms. The predicted molar refractivity (Wildman–Crippen MR) is 100 cm³/mol. The molecule has 2 aliphatic rings. The summed E-state index contributed by atoms with van der Waals surface area (Å²) >= 11 is 0. The normalized spacial score (nSPS) is 20.7. The van der Waals surface area contributed by atoms with Crippen molar-refractivity contribution >= 4 is 11.7 Å². The van der Waals surface area contributed by atoms with E-state index in [1.807, 2.05) is 6.07 Å². The van der Waals surface area contributed by atoms with Crippen LogP contribution in [0.4, 0.5) is 0 Å². The van der Waals surface area contributed by atoms with Crippen LogP contribution in [0.5, 0.6) is 0 Å². The van der Waals surface area contributed by atoms with Crippen molar-refractivity contribution in [2.45, 2.75) is 63.3 Å². The first kappa shape index (κ1) is 17.8. The summed E-state index contributed by atoms with van der Waals surface area (Å²) in [6.07, 6.45) is 8.88. The highest BCUT2D eigenvalue weighted by atomic mass is 16.3. The fourth-order valence-corrected chi connectivity index (χ4v) is 4.21. The second kappa shape index (κ2) is 7.55. The van der Waals surface area contributed by atoms with Crippen molar-refractivity contribution in [2.24, 2.45) is 0 Å². The van der Waals surface area contributed by atoms with Crippen LogP contribution in [-0.2, 0) is 6.42 Å². The zero-order valence-corrected chi connectivity index (χ0v) is 15.3. The number of rotatable bonds is 3. The summed E-state index contributed by atoms with van der Waals surface area (Å²) in [5.74, 6) is 0.204. The van der Waals surface area contributed by atoms with Gasteiger partial charge in [0, 0.05) is 29.6 Å². The quantitative estimate of drug-likeness (QED) is 0.813. The molecule has 2 aromatic rings. The van der Waals surface area contributed by atoms with E-state index in [4.69, 9.17) is 4.42 Å². The molecule has 1 fully saturated rings. The third kappa shape index (κ3) is 3.75. The highest BCUT2D eigenvalue weighted by Gasteiger charge is 2.30. The van der Waals surface area contributed by atoms with Crippen molar-refractivity contribution in [2.75, 3.05) is 0 Å². The van der Waals surface area contributed by atoms with Crippen LogP contribution < -0.4 is 10.9 Å². The number of carbonyl (C=O) groups is 2. The van der Waals surface area contributed by atoms with Crippen molar-refractivity contribution in [1.82, 2.24) is 10.3 Å². The molecule has 1 saturated carbocycles. The number of hydrogen-bond acceptors (Lipinski definition) is 4. The molecule has 6 nitrogen and oxygen atoms in total. The molecule has 0 radical (unpaired) electrons. The largest absolute Gasteiger partial charge is 0.469 e. The van der Waals surface area contributed by atoms with Crippen LogP contribution in [0.1, 0.15) is 83.0 Å². The lowest BCUT2D eigenvalue weighted by Gasteiger charge is -2.22. The number of pyridine rings is 1. The Morgan fingerprint density at radius 1 is 1.11 bits per heavy atom. The maximum atomic E-state index is 12.6. The number of H-pyrrole nitrogens is 1. The number of furan rings is 1. The number of fused-ring (bicyclic) bond motifs is 1. The summed E-state index contributed by atoms with van der Waals surface area (Å²) in [6, 6.07) is 5.21. The maximum absolute atomic E-state index is 12.6. The number of ketones is 1. The lowest BCUT2D eigenvalue weighted by molar-refractivity contribution is 0.0931. The van der Waals surface area contributed by atoms with Crippen LogP contribution >= 0.6 is 0 Å². The summed E-state index contributed by atoms with van der Waals surface area (Å²) in [5.41, 5.74) is 0.627. The Morgan fingerprint density at radius 3 is 2.59 bits per heavy atom. The minimum atomic E-state index is -0.437. The van der Waals surface area contributed by atoms with E-state index in [0.29, 0.717) is 24.1 Å². The number of nitrogens with one attached hydrogen (secondary N) is 2. The van der Waals surface area contributed by atoms with Gasteiger partial charge in [0.2, 0.25) is 0 Å². The van der Waals surface area contributed by atoms with Crippen molar-refractivity contribution in [3.05, 3.63) is 57.4 Å². The van der Waals surface area contributed by atoms with Crippen LogP contribution in [0, 0.1) is 0 Å². The molecule has 1 atom stereocenters. The number of Topliss-reactive ketones (excluding diaryl/α,β-unsaturated/α-hetero) is 1. The van der Waals surface area contributed by atoms with Crippen molar-refractivity contribution in [3.8, 4) is 0 Å². The van der Waals surface area contributed by atoms with E-state index in [9.17, 15) is 14.4 Å². The Bertz CT molecular complexity index is 889. The Labute approximate surface area is 157 Å². The highest BCUT2D eigenvalue weighted by molar-refractivity contribution is 6.02. The van der Waals surface area contributed by atoms with Crippen LogP contribution in [-0.4, -0.2) is 22.7 Å². The number of aromatic amines is 1. The van der Waals surface area contributed by atoms with Gasteiger partial charge in [-0.2, -0.15) is 0 Å². The lowest BCUT2D eigenvalue weighted by atomic mass is 9.84. The first-order chi connectivity index (χ1) is 13.1. The molecule has 6 heteroatoms. The number of hydrogen-bond donors (Lipinski definition) is 2. The van der Waals surface area contributed by atoms with Gasteiger partial charge >= 0.3 is 0 Å². The van der Waals surface area contributed by atoms with E-state index >= 15 is 0 Å². The molecule has 142 valence electrons. The topological polar surface area (TPSA) is 92.2 Å². The van der Waals surface area contributed by atoms with E-state index in [2.05, 4.69) is 10.3 Å². The molecule has 2 aliphatic carbocycles. The average Bonchev–Trinajstić information content (AvgIpc) is 3.07. The number of carbonyl (C=O) groups excluding carboxylic acids is 2. The Balaban J connectivity index is 1.56. The van der Waals surface area contributed by atoms with E-state index in [0.717, 1.165) is 31.4 Å². The van der Waals surface area contributed by atoms with Crippen molar-refractivity contribution < 1.29 is 14.0 Å². The van der Waals surface area contributed by atoms with Gasteiger partial charge in [0.15, 0.2) is 5.78 Å². The molecule has 2 N–H and O–H groups in total. The smallest absolute Gasteiger partial charge is 0.261 e. The van der Waals surface area contributed by atoms with Gasteiger partial charge in [-0.15, -0.1) is 0 Å². The van der Waals surface area contributed by atoms with Gasteiger partial charge in [0.1, 0.15) is 11.3 Å². The van der Waals surface area contributed by atoms with E-state index in [1.54, 1.807) is 12.3 Å². The highest BCUT2D eigenvalue weighted by Crippen LogP contribution is 2.31. The second-order valence-corrected chi connectivity index (χ2v) is 7.61. The third-order valence-corrected chi connectivity index (χ3v) is 5.69. The molecule has 27 heavy (non-hydrogen) atoms. The fraction of sp³-hybridized carbons (Fsp3) is 0.476. The predicted octanol–water partition coefficient (Wildman–Crippen LogP) is 3.33. The molecule has 0 aliphatic heterocycles. The first-order valence-corrected chi connectivity index (χ1v) is 9.75. The molecule has 1 amide bonds. The zero-order chi connectivity index (χ0) is 18.8. The molecule has 0 bridgehead atoms. The second-order valence-electron chi connectivity index (χ2n) is 7.61. The van der Waals surface area contributed by atoms with E-state index in [1.165, 1.54) is 18.9 Å². The molecule has 2 aromatic heterocycles. The van der Waals surface area contributed by atoms with Crippen LogP contribution in [0.2, 0.25) is 0 Å². The average molecular weight is 368 g/mol. The van der Waals surface area contributed by atoms with Gasteiger partial charge in [0.25, 0.3) is 11.5 Å². The summed E-state index contributed by atoms with van der Waals surface area (Å²) in [7, 11) is 0. The maximum Gasteiger partial charge on any atom is 0.261 e. The summed E-state index contributed by atoms with van der Waals surface area (Å²) in [6.45, 7) is 0. The Morgan fingerprint density at radius 2 is 1.89 bits per heavy atom. The summed E-state index contributed by atoms with van der Waals surface area (Å²) in [5, 5.41) is 2.98. The van der Waals surface area contributed by atoms with Gasteiger partial charge < -0.3 is 14.7 Å². The minimum absolute atomic E-state index is 0.0304. The van der Waals surface area contributed by atoms with Gasteiger partial charge in [-0.05, 0) is 37.5 Å². The zero-order valence-electron chi connectivity index (χ0n) is 15.3. The first-order valence-electron chi connectivity index (χ1n) is 9.75. The summed E-state index contributed by atoms with van der Waals surface area (Å²) < 4.78 is 5.41. The van der Waals surface area contributed by atoms with E-state index < -0.39 is 5.56 Å². The molecule has 4 rings (SSSR count). The third-order valence-electron chi connectivity index (χ3n) is 5.69. The van der Waals surface area contributed by atoms with Gasteiger partial charge in [-0.1, -0.05) is 25.7 Å². The molecule has 0 saturated heterocycles. The molecular weight excluding hydrogens is 344 g/mol. The fourth-order valence-electron chi connectivity index (χ4n) is 4.21. The lowest BCUT2D eigenvalue weighted by Crippen LogP contribution is -2.38. The standard InChI is InChI=1S/C21H24N2O4/c24-18-11-13(19-8-5-9-27-19)10-17-15(18)12-16(21(26)23-17)20(25)22-14-6-3-1-2-4-7-14/h5,8-9,12-14H,1-4,6-7,10-11H2,(H,22,25)(H,23,26)/t13-/m1/s1. The van der Waals surface area contributed by atoms with Gasteiger partial charge in [-0.3, -0.25) is 14.4 Å². The molecule has 0 unspecified atom stereocenters. The van der Waals surface area contributed by atoms with Crippen LogP contribution in [0.25, 0.3) is 0 Å². The number of amides is 1. The van der Waals surface area contributed by atoms with Crippen LogP contribution in [0.3, 0.4) is 0 Å². The van der Waals surface area contributed by atoms with E-state index in [-0.39, 0.29) is 29.2 Å². The minimum Gasteiger partial charge on any atom is -0.469 e. The van der Waals surface area contributed by atoms with Crippen molar-refractivity contribution in [1.29, 1.82) is 0 Å². The number of aromatic nitrogens is 1. The summed E-state index contributed by atoms with van der Waals surface area (Å²) in [4.78, 5) is 40.5. The SMILES string of the molecule is O=C1C[C@H](c2ccco2)Cc2[nH]c(=O)c(C(=O)NC3CCCCCC3)cc21. The van der Waals surface area contributed by atoms with Gasteiger partial charge in [0.05, 0.1) is 6.26 Å². The monoisotopic (exact) mass is 368 g/mol. The van der Waals surface area contributed by atoms with Gasteiger partial charge in [-0.25, -0.2) is 0 Å². The molecule has 2 heterocycles. The van der Waals surface area contributed by atoms with Crippen LogP contribution in [0.15, 0.2) is 33.7 Å². The Kier molecular flexibility index (Phi) is 4.97. The molecule has 0 aromatic carbocycles.